The van der Waals surface area contributed by atoms with Crippen LogP contribution in [0, 0.1) is 17.2 Å². The van der Waals surface area contributed by atoms with Gasteiger partial charge in [-0.25, -0.2) is 0 Å². The number of benzene rings is 1. The zero-order chi connectivity index (χ0) is 16.8. The van der Waals surface area contributed by atoms with Crippen molar-refractivity contribution in [1.82, 2.24) is 10.6 Å². The van der Waals surface area contributed by atoms with Crippen molar-refractivity contribution in [1.29, 1.82) is 5.26 Å². The Kier molecular flexibility index (Phi) is 6.18. The second kappa shape index (κ2) is 8.12. The summed E-state index contributed by atoms with van der Waals surface area (Å²) in [5, 5.41) is 15.4. The summed E-state index contributed by atoms with van der Waals surface area (Å²) in [6.07, 6.45) is 4.06. The molecule has 1 aliphatic heterocycles. The normalized spacial score (nSPS) is 24.9. The van der Waals surface area contributed by atoms with Crippen LogP contribution in [0.3, 0.4) is 0 Å². The molecule has 0 aromatic heterocycles. The number of hydrogen-bond acceptors (Lipinski definition) is 3. The molecule has 0 aliphatic carbocycles. The maximum absolute atomic E-state index is 12.4. The molecule has 124 valence electrons. The summed E-state index contributed by atoms with van der Waals surface area (Å²) in [6, 6.07) is 10.1. The summed E-state index contributed by atoms with van der Waals surface area (Å²) in [6.45, 7) is 6.39. The van der Waals surface area contributed by atoms with E-state index in [1.165, 1.54) is 12.8 Å². The Morgan fingerprint density at radius 2 is 2.13 bits per heavy atom. The highest BCUT2D eigenvalue weighted by Gasteiger charge is 2.34. The third-order valence-corrected chi connectivity index (χ3v) is 4.70. The fraction of sp³-hybridized carbons (Fsp3) is 0.579. The van der Waals surface area contributed by atoms with E-state index in [-0.39, 0.29) is 18.0 Å². The van der Waals surface area contributed by atoms with Gasteiger partial charge in [-0.15, -0.1) is 0 Å². The van der Waals surface area contributed by atoms with Crippen molar-refractivity contribution in [3.8, 4) is 6.07 Å². The third kappa shape index (κ3) is 4.80. The fourth-order valence-electron chi connectivity index (χ4n) is 3.41. The van der Waals surface area contributed by atoms with Crippen molar-refractivity contribution in [2.75, 3.05) is 0 Å². The zero-order valence-corrected chi connectivity index (χ0v) is 14.3. The molecule has 2 N–H and O–H groups in total. The van der Waals surface area contributed by atoms with Crippen LogP contribution in [-0.4, -0.2) is 24.0 Å². The molecule has 0 spiro atoms. The van der Waals surface area contributed by atoms with Crippen molar-refractivity contribution in [3.63, 3.8) is 0 Å². The number of carbonyl (C=O) groups excluding carboxylic acids is 1. The van der Waals surface area contributed by atoms with E-state index in [4.69, 9.17) is 5.26 Å². The van der Waals surface area contributed by atoms with Gasteiger partial charge in [0.25, 0.3) is 0 Å². The number of amides is 1. The monoisotopic (exact) mass is 313 g/mol. The third-order valence-electron chi connectivity index (χ3n) is 4.70. The average molecular weight is 313 g/mol. The smallest absolute Gasteiger partial charge is 0.237 e. The molecule has 1 aromatic carbocycles. The molecule has 4 atom stereocenters. The van der Waals surface area contributed by atoms with E-state index in [0.717, 1.165) is 18.4 Å². The lowest BCUT2D eigenvalue weighted by molar-refractivity contribution is -0.123. The number of hydrogen-bond donors (Lipinski definition) is 2. The van der Waals surface area contributed by atoms with E-state index < -0.39 is 0 Å². The van der Waals surface area contributed by atoms with Gasteiger partial charge in [0.05, 0.1) is 17.7 Å². The maximum atomic E-state index is 12.4. The first-order chi connectivity index (χ1) is 11.0. The second-order valence-corrected chi connectivity index (χ2v) is 6.71. The van der Waals surface area contributed by atoms with E-state index in [0.29, 0.717) is 17.5 Å². The predicted molar refractivity (Wildman–Crippen MR) is 91.9 cm³/mol. The summed E-state index contributed by atoms with van der Waals surface area (Å²) >= 11 is 0. The van der Waals surface area contributed by atoms with Crippen molar-refractivity contribution in [3.05, 3.63) is 35.4 Å². The molecule has 1 heterocycles. The van der Waals surface area contributed by atoms with Gasteiger partial charge in [-0.1, -0.05) is 25.5 Å². The summed E-state index contributed by atoms with van der Waals surface area (Å²) in [5.74, 6) is 0.709. The molecule has 4 nitrogen and oxygen atoms in total. The summed E-state index contributed by atoms with van der Waals surface area (Å²) < 4.78 is 0. The van der Waals surface area contributed by atoms with Crippen LogP contribution in [0.25, 0.3) is 0 Å². The van der Waals surface area contributed by atoms with Gasteiger partial charge in [0.2, 0.25) is 5.91 Å². The van der Waals surface area contributed by atoms with Crippen LogP contribution in [0.1, 0.15) is 51.2 Å². The van der Waals surface area contributed by atoms with Crippen LogP contribution in [0.2, 0.25) is 0 Å². The van der Waals surface area contributed by atoms with Gasteiger partial charge < -0.3 is 10.6 Å². The minimum atomic E-state index is -0.0648. The van der Waals surface area contributed by atoms with Crippen LogP contribution in [0.5, 0.6) is 0 Å². The molecular formula is C19H27N3O. The second-order valence-electron chi connectivity index (χ2n) is 6.71. The Morgan fingerprint density at radius 3 is 2.74 bits per heavy atom. The zero-order valence-electron chi connectivity index (χ0n) is 14.3. The largest absolute Gasteiger partial charge is 0.352 e. The van der Waals surface area contributed by atoms with Crippen LogP contribution in [-0.2, 0) is 11.2 Å². The molecule has 23 heavy (non-hydrogen) atoms. The van der Waals surface area contributed by atoms with E-state index in [2.05, 4.69) is 30.6 Å². The van der Waals surface area contributed by atoms with Crippen molar-refractivity contribution < 1.29 is 4.79 Å². The summed E-state index contributed by atoms with van der Waals surface area (Å²) in [7, 11) is 0. The Morgan fingerprint density at radius 1 is 1.43 bits per heavy atom. The number of carbonyl (C=O) groups is 1. The minimum Gasteiger partial charge on any atom is -0.352 e. The topological polar surface area (TPSA) is 64.9 Å². The fourth-order valence-corrected chi connectivity index (χ4v) is 3.41. The van der Waals surface area contributed by atoms with Gasteiger partial charge in [-0.2, -0.15) is 5.26 Å². The summed E-state index contributed by atoms with van der Waals surface area (Å²) in [4.78, 5) is 12.4. The number of nitriles is 1. The van der Waals surface area contributed by atoms with Crippen LogP contribution in [0.15, 0.2) is 24.3 Å². The maximum Gasteiger partial charge on any atom is 0.237 e. The van der Waals surface area contributed by atoms with Crippen molar-refractivity contribution in [2.45, 2.75) is 64.6 Å². The van der Waals surface area contributed by atoms with Gasteiger partial charge in [0.1, 0.15) is 0 Å². The predicted octanol–water partition coefficient (Wildman–Crippen LogP) is 2.77. The Balaban J connectivity index is 1.84. The lowest BCUT2D eigenvalue weighted by Crippen LogP contribution is -2.46. The summed E-state index contributed by atoms with van der Waals surface area (Å²) in [5.41, 5.74) is 1.80. The molecule has 1 aromatic rings. The quantitative estimate of drug-likeness (QED) is 0.849. The lowest BCUT2D eigenvalue weighted by Gasteiger charge is -2.18. The molecule has 4 heteroatoms. The van der Waals surface area contributed by atoms with Crippen molar-refractivity contribution >= 4 is 5.91 Å². The van der Waals surface area contributed by atoms with Gasteiger partial charge in [0.15, 0.2) is 0 Å². The van der Waals surface area contributed by atoms with Crippen molar-refractivity contribution in [2.24, 2.45) is 5.92 Å². The van der Waals surface area contributed by atoms with E-state index in [1.54, 1.807) is 0 Å². The van der Waals surface area contributed by atoms with Gasteiger partial charge in [-0.05, 0) is 56.7 Å². The van der Waals surface area contributed by atoms with E-state index in [1.807, 2.05) is 31.2 Å². The molecule has 0 radical (unpaired) electrons. The van der Waals surface area contributed by atoms with Gasteiger partial charge in [0, 0.05) is 12.1 Å². The number of nitrogens with one attached hydrogen (secondary N) is 2. The van der Waals surface area contributed by atoms with E-state index in [9.17, 15) is 4.79 Å². The SMILES string of the molecule is CCCC1CC(C(=O)NC(C)Cc2ccc(C#N)cc2)NC1C. The molecule has 4 unspecified atom stereocenters. The first-order valence-corrected chi connectivity index (χ1v) is 8.59. The Hall–Kier alpha value is -1.86. The molecule has 0 bridgehead atoms. The molecular weight excluding hydrogens is 286 g/mol. The molecule has 0 saturated carbocycles. The van der Waals surface area contributed by atoms with Gasteiger partial charge >= 0.3 is 0 Å². The molecule has 1 aliphatic rings. The molecule has 1 saturated heterocycles. The van der Waals surface area contributed by atoms with Gasteiger partial charge in [-0.3, -0.25) is 4.79 Å². The Bertz CT molecular complexity index is 561. The minimum absolute atomic E-state index is 0.0648. The standard InChI is InChI=1S/C19H27N3O/c1-4-5-17-11-18(22-14(17)3)19(23)21-13(2)10-15-6-8-16(12-20)9-7-15/h6-9,13-14,17-18,22H,4-5,10-11H2,1-3H3,(H,21,23). The highest BCUT2D eigenvalue weighted by atomic mass is 16.2. The molecule has 2 rings (SSSR count). The van der Waals surface area contributed by atoms with E-state index >= 15 is 0 Å². The average Bonchev–Trinajstić information content (AvgIpc) is 2.89. The van der Waals surface area contributed by atoms with Crippen LogP contribution in [0.4, 0.5) is 0 Å². The highest BCUT2D eigenvalue weighted by Crippen LogP contribution is 2.25. The lowest BCUT2D eigenvalue weighted by atomic mass is 9.95. The number of rotatable bonds is 6. The van der Waals surface area contributed by atoms with Crippen LogP contribution >= 0.6 is 0 Å². The molecule has 1 fully saturated rings. The first kappa shape index (κ1) is 17.5. The number of nitrogens with zero attached hydrogens (tertiary/aromatic N) is 1. The highest BCUT2D eigenvalue weighted by molar-refractivity contribution is 5.82. The first-order valence-electron chi connectivity index (χ1n) is 8.59. The Labute approximate surface area is 139 Å². The van der Waals surface area contributed by atoms with Crippen LogP contribution < -0.4 is 10.6 Å². The molecule has 1 amide bonds.